The summed E-state index contributed by atoms with van der Waals surface area (Å²) in [7, 11) is 0. The van der Waals surface area contributed by atoms with Gasteiger partial charge in [-0.3, -0.25) is 0 Å². The normalized spacial score (nSPS) is 13.1. The highest BCUT2D eigenvalue weighted by atomic mass is 79.9. The molecule has 0 spiro atoms. The lowest BCUT2D eigenvalue weighted by Gasteiger charge is -2.08. The van der Waals surface area contributed by atoms with Crippen molar-refractivity contribution < 1.29 is 5.11 Å². The van der Waals surface area contributed by atoms with Crippen molar-refractivity contribution in [3.8, 4) is 0 Å². The van der Waals surface area contributed by atoms with Crippen LogP contribution in [0.25, 0.3) is 0 Å². The van der Waals surface area contributed by atoms with Gasteiger partial charge in [-0.25, -0.2) is 0 Å². The maximum Gasteiger partial charge on any atom is 0.0431 e. The number of rotatable bonds is 10. The molecule has 0 aliphatic rings. The molecule has 0 amide bonds. The Bertz CT molecular complexity index is 106. The maximum atomic E-state index is 8.66. The Morgan fingerprint density at radius 2 is 1.50 bits per heavy atom. The van der Waals surface area contributed by atoms with Crippen LogP contribution in [0, 0.1) is 0 Å². The van der Waals surface area contributed by atoms with Crippen LogP contribution in [0.3, 0.4) is 0 Å². The van der Waals surface area contributed by atoms with Gasteiger partial charge in [0.05, 0.1) is 0 Å². The van der Waals surface area contributed by atoms with Gasteiger partial charge >= 0.3 is 0 Å². The van der Waals surface area contributed by atoms with Crippen LogP contribution >= 0.6 is 15.9 Å². The molecule has 0 aromatic heterocycles. The number of aliphatic hydroxyl groups is 1. The topological polar surface area (TPSA) is 20.2 Å². The van der Waals surface area contributed by atoms with E-state index < -0.39 is 0 Å². The van der Waals surface area contributed by atoms with Crippen molar-refractivity contribution in [1.29, 1.82) is 0 Å². The number of aliphatic hydroxyl groups excluding tert-OH is 1. The summed E-state index contributed by atoms with van der Waals surface area (Å²) in [6.07, 6.45) is 11.6. The maximum absolute atomic E-state index is 8.66. The first-order valence-electron chi connectivity index (χ1n) is 6.06. The average molecular weight is 265 g/mol. The number of alkyl halides is 1. The van der Waals surface area contributed by atoms with Gasteiger partial charge in [0.15, 0.2) is 0 Å². The van der Waals surface area contributed by atoms with Crippen LogP contribution in [0.1, 0.15) is 64.7 Å². The summed E-state index contributed by atoms with van der Waals surface area (Å²) in [6, 6.07) is 0. The second-order valence-electron chi connectivity index (χ2n) is 4.02. The lowest BCUT2D eigenvalue weighted by molar-refractivity contribution is 0.283. The van der Waals surface area contributed by atoms with E-state index in [4.69, 9.17) is 5.11 Å². The minimum absolute atomic E-state index is 0.332. The summed E-state index contributed by atoms with van der Waals surface area (Å²) in [6.45, 7) is 2.59. The van der Waals surface area contributed by atoms with E-state index in [1.54, 1.807) is 0 Å². The molecule has 1 nitrogen and oxygen atoms in total. The van der Waals surface area contributed by atoms with Crippen LogP contribution < -0.4 is 0 Å². The predicted molar refractivity (Wildman–Crippen MR) is 67.0 cm³/mol. The highest BCUT2D eigenvalue weighted by molar-refractivity contribution is 9.09. The third-order valence-corrected chi connectivity index (χ3v) is 3.46. The van der Waals surface area contributed by atoms with E-state index in [2.05, 4.69) is 22.9 Å². The molecular formula is C12H25BrO. The zero-order valence-corrected chi connectivity index (χ0v) is 11.1. The smallest absolute Gasteiger partial charge is 0.0431 e. The monoisotopic (exact) mass is 264 g/mol. The fourth-order valence-corrected chi connectivity index (χ4v) is 2.25. The molecular weight excluding hydrogens is 240 g/mol. The number of halogens is 1. The third kappa shape index (κ3) is 10.5. The van der Waals surface area contributed by atoms with Crippen LogP contribution in [0.15, 0.2) is 0 Å². The first-order chi connectivity index (χ1) is 6.81. The van der Waals surface area contributed by atoms with Crippen molar-refractivity contribution in [3.05, 3.63) is 0 Å². The van der Waals surface area contributed by atoms with Crippen LogP contribution in [0.2, 0.25) is 0 Å². The van der Waals surface area contributed by atoms with Gasteiger partial charge in [0.25, 0.3) is 0 Å². The molecule has 86 valence electrons. The molecule has 0 saturated heterocycles. The lowest BCUT2D eigenvalue weighted by Crippen LogP contribution is -1.99. The van der Waals surface area contributed by atoms with E-state index in [1.165, 1.54) is 44.9 Å². The Morgan fingerprint density at radius 3 is 2.14 bits per heavy atom. The second kappa shape index (κ2) is 11.5. The van der Waals surface area contributed by atoms with Crippen LogP contribution in [0.5, 0.6) is 0 Å². The number of hydrogen-bond donors (Lipinski definition) is 1. The molecule has 14 heavy (non-hydrogen) atoms. The summed E-state index contributed by atoms with van der Waals surface area (Å²) in [5.41, 5.74) is 0. The zero-order chi connectivity index (χ0) is 10.6. The Kier molecular flexibility index (Phi) is 11.9. The summed E-state index contributed by atoms with van der Waals surface area (Å²) in [5, 5.41) is 8.66. The van der Waals surface area contributed by atoms with Crippen molar-refractivity contribution >= 4 is 15.9 Å². The number of unbranched alkanes of at least 4 members (excludes halogenated alkanes) is 5. The van der Waals surface area contributed by atoms with Gasteiger partial charge in [0.2, 0.25) is 0 Å². The van der Waals surface area contributed by atoms with Gasteiger partial charge in [-0.15, -0.1) is 0 Å². The molecule has 0 radical (unpaired) electrons. The van der Waals surface area contributed by atoms with E-state index in [0.29, 0.717) is 11.4 Å². The van der Waals surface area contributed by atoms with Gasteiger partial charge in [0, 0.05) is 11.4 Å². The second-order valence-corrected chi connectivity index (χ2v) is 5.31. The minimum Gasteiger partial charge on any atom is -0.396 e. The molecule has 0 aliphatic carbocycles. The first-order valence-corrected chi connectivity index (χ1v) is 6.97. The van der Waals surface area contributed by atoms with Crippen molar-refractivity contribution in [2.45, 2.75) is 69.5 Å². The van der Waals surface area contributed by atoms with E-state index >= 15 is 0 Å². The molecule has 2 heteroatoms. The molecule has 0 saturated carbocycles. The van der Waals surface area contributed by atoms with E-state index in [1.807, 2.05) is 0 Å². The van der Waals surface area contributed by atoms with Gasteiger partial charge < -0.3 is 5.11 Å². The fraction of sp³-hybridized carbons (Fsp3) is 1.00. The van der Waals surface area contributed by atoms with Crippen molar-refractivity contribution in [3.63, 3.8) is 0 Å². The molecule has 0 aromatic carbocycles. The van der Waals surface area contributed by atoms with Crippen LogP contribution in [-0.4, -0.2) is 16.5 Å². The first kappa shape index (κ1) is 14.4. The summed E-state index contributed by atoms with van der Waals surface area (Å²) < 4.78 is 0. The predicted octanol–water partition coefficient (Wildman–Crippen LogP) is 4.27. The van der Waals surface area contributed by atoms with Crippen molar-refractivity contribution in [1.82, 2.24) is 0 Å². The van der Waals surface area contributed by atoms with E-state index in [9.17, 15) is 0 Å². The minimum atomic E-state index is 0.332. The summed E-state index contributed by atoms with van der Waals surface area (Å²) in [5.74, 6) is 0. The molecule has 1 unspecified atom stereocenters. The van der Waals surface area contributed by atoms with Crippen molar-refractivity contribution in [2.75, 3.05) is 6.61 Å². The van der Waals surface area contributed by atoms with E-state index in [-0.39, 0.29) is 0 Å². The van der Waals surface area contributed by atoms with Crippen LogP contribution in [0.4, 0.5) is 0 Å². The molecule has 0 aliphatic heterocycles. The Balaban J connectivity index is 3.02. The molecule has 0 fully saturated rings. The lowest BCUT2D eigenvalue weighted by atomic mass is 10.1. The third-order valence-electron chi connectivity index (χ3n) is 2.55. The SMILES string of the molecule is CCCCCCCCC(Br)CCCO. The van der Waals surface area contributed by atoms with Gasteiger partial charge in [-0.1, -0.05) is 61.4 Å². The average Bonchev–Trinajstić information content (AvgIpc) is 2.20. The number of hydrogen-bond acceptors (Lipinski definition) is 1. The molecule has 1 atom stereocenters. The molecule has 0 rings (SSSR count). The molecule has 0 bridgehead atoms. The summed E-state index contributed by atoms with van der Waals surface area (Å²) in [4.78, 5) is 0.626. The van der Waals surface area contributed by atoms with Crippen LogP contribution in [-0.2, 0) is 0 Å². The van der Waals surface area contributed by atoms with E-state index in [0.717, 1.165) is 12.8 Å². The molecule has 0 heterocycles. The van der Waals surface area contributed by atoms with Crippen molar-refractivity contribution in [2.24, 2.45) is 0 Å². The molecule has 0 aromatic rings. The van der Waals surface area contributed by atoms with Gasteiger partial charge in [-0.05, 0) is 19.3 Å². The Labute approximate surface area is 97.4 Å². The summed E-state index contributed by atoms with van der Waals surface area (Å²) >= 11 is 3.65. The van der Waals surface area contributed by atoms with Gasteiger partial charge in [0.1, 0.15) is 0 Å². The highest BCUT2D eigenvalue weighted by Crippen LogP contribution is 2.17. The standard InChI is InChI=1S/C12H25BrO/c1-2-3-4-5-6-7-9-12(13)10-8-11-14/h12,14H,2-11H2,1H3. The largest absolute Gasteiger partial charge is 0.396 e. The highest BCUT2D eigenvalue weighted by Gasteiger charge is 2.02. The zero-order valence-electron chi connectivity index (χ0n) is 9.47. The fourth-order valence-electron chi connectivity index (χ4n) is 1.60. The molecule has 1 N–H and O–H groups in total. The quantitative estimate of drug-likeness (QED) is 0.462. The Morgan fingerprint density at radius 1 is 0.929 bits per heavy atom. The van der Waals surface area contributed by atoms with Gasteiger partial charge in [-0.2, -0.15) is 0 Å². The Hall–Kier alpha value is 0.440.